The molecular formula is C23H20ClF2N7O3S. The summed E-state index contributed by atoms with van der Waals surface area (Å²) in [6, 6.07) is 2.24. The van der Waals surface area contributed by atoms with Crippen LogP contribution in [0.15, 0.2) is 30.7 Å². The molecule has 37 heavy (non-hydrogen) atoms. The van der Waals surface area contributed by atoms with Gasteiger partial charge >= 0.3 is 0 Å². The summed E-state index contributed by atoms with van der Waals surface area (Å²) >= 11 is 7.19. The van der Waals surface area contributed by atoms with Gasteiger partial charge in [-0.25, -0.2) is 23.7 Å². The number of halogens is 3. The Morgan fingerprint density at radius 3 is 2.84 bits per heavy atom. The molecule has 1 saturated heterocycles. The number of alkyl halides is 2. The highest BCUT2D eigenvalue weighted by Crippen LogP contribution is 2.34. The fraction of sp³-hybridized carbons (Fsp3) is 0.304. The van der Waals surface area contributed by atoms with Gasteiger partial charge in [-0.15, -0.1) is 0 Å². The van der Waals surface area contributed by atoms with Gasteiger partial charge in [0.15, 0.2) is 15.6 Å². The molecular weight excluding hydrogens is 528 g/mol. The molecule has 0 radical (unpaired) electrons. The Morgan fingerprint density at radius 2 is 2.05 bits per heavy atom. The SMILES string of the molecule is COc1cnc(Cl)cc1-c1cc(C)ncc1C(=O)Nc1nc2ncc(N3CCOCC3C(F)F)nc2s1. The van der Waals surface area contributed by atoms with Crippen molar-refractivity contribution in [2.45, 2.75) is 19.4 Å². The van der Waals surface area contributed by atoms with Gasteiger partial charge in [0.25, 0.3) is 12.3 Å². The van der Waals surface area contributed by atoms with E-state index in [0.29, 0.717) is 39.8 Å². The van der Waals surface area contributed by atoms with Crippen LogP contribution in [0.25, 0.3) is 21.6 Å². The smallest absolute Gasteiger partial charge is 0.260 e. The normalized spacial score (nSPS) is 15.8. The van der Waals surface area contributed by atoms with Crippen molar-refractivity contribution >= 4 is 50.3 Å². The van der Waals surface area contributed by atoms with Gasteiger partial charge < -0.3 is 14.4 Å². The van der Waals surface area contributed by atoms with E-state index in [4.69, 9.17) is 21.1 Å². The van der Waals surface area contributed by atoms with Gasteiger partial charge in [0.2, 0.25) is 0 Å². The highest BCUT2D eigenvalue weighted by atomic mass is 35.5. The Labute approximate surface area is 218 Å². The molecule has 4 aromatic heterocycles. The number of carbonyl (C=O) groups is 1. The highest BCUT2D eigenvalue weighted by molar-refractivity contribution is 7.21. The minimum atomic E-state index is -2.60. The minimum absolute atomic E-state index is 0.0955. The number of methoxy groups -OCH3 is 1. The first-order chi connectivity index (χ1) is 17.8. The molecule has 10 nitrogen and oxygen atoms in total. The van der Waals surface area contributed by atoms with Gasteiger partial charge in [-0.3, -0.25) is 15.1 Å². The van der Waals surface area contributed by atoms with E-state index in [0.717, 1.165) is 11.3 Å². The number of nitrogens with zero attached hydrogens (tertiary/aromatic N) is 6. The zero-order valence-electron chi connectivity index (χ0n) is 19.6. The molecule has 192 valence electrons. The first-order valence-corrected chi connectivity index (χ1v) is 12.3. The first kappa shape index (κ1) is 25.1. The number of thiazole rings is 1. The molecule has 1 unspecified atom stereocenters. The summed E-state index contributed by atoms with van der Waals surface area (Å²) in [5.41, 5.74) is 2.37. The number of ether oxygens (including phenoxy) is 2. The van der Waals surface area contributed by atoms with Gasteiger partial charge in [0.05, 0.1) is 38.3 Å². The minimum Gasteiger partial charge on any atom is -0.494 e. The molecule has 0 aliphatic carbocycles. The number of fused-ring (bicyclic) bond motifs is 1. The molecule has 5 heterocycles. The molecule has 1 N–H and O–H groups in total. The number of pyridine rings is 2. The van der Waals surface area contributed by atoms with Crippen molar-refractivity contribution in [1.82, 2.24) is 24.9 Å². The molecule has 14 heteroatoms. The van der Waals surface area contributed by atoms with Crippen LogP contribution in [0.2, 0.25) is 5.15 Å². The summed E-state index contributed by atoms with van der Waals surface area (Å²) < 4.78 is 37.6. The second-order valence-electron chi connectivity index (χ2n) is 8.08. The van der Waals surface area contributed by atoms with E-state index in [1.165, 1.54) is 30.6 Å². The van der Waals surface area contributed by atoms with Gasteiger partial charge in [-0.1, -0.05) is 22.9 Å². The Bertz CT molecular complexity index is 1470. The summed E-state index contributed by atoms with van der Waals surface area (Å²) in [6.45, 7) is 2.29. The zero-order chi connectivity index (χ0) is 26.1. The molecule has 0 spiro atoms. The van der Waals surface area contributed by atoms with E-state index in [2.05, 4.69) is 30.2 Å². The van der Waals surface area contributed by atoms with Crippen molar-refractivity contribution in [3.8, 4) is 16.9 Å². The van der Waals surface area contributed by atoms with Gasteiger partial charge in [-0.05, 0) is 19.1 Å². The monoisotopic (exact) mass is 547 g/mol. The van der Waals surface area contributed by atoms with E-state index in [1.54, 1.807) is 19.1 Å². The molecule has 1 atom stereocenters. The largest absolute Gasteiger partial charge is 0.494 e. The maximum Gasteiger partial charge on any atom is 0.260 e. The van der Waals surface area contributed by atoms with Crippen molar-refractivity contribution in [1.29, 1.82) is 0 Å². The molecule has 1 fully saturated rings. The van der Waals surface area contributed by atoms with Crippen LogP contribution in [-0.2, 0) is 4.74 Å². The average Bonchev–Trinajstić information content (AvgIpc) is 3.29. The molecule has 1 aliphatic rings. The predicted molar refractivity (Wildman–Crippen MR) is 135 cm³/mol. The summed E-state index contributed by atoms with van der Waals surface area (Å²) in [5.74, 6) is 0.271. The van der Waals surface area contributed by atoms with Crippen LogP contribution in [0.1, 0.15) is 16.1 Å². The fourth-order valence-electron chi connectivity index (χ4n) is 3.94. The number of nitrogens with one attached hydrogen (secondary N) is 1. The summed E-state index contributed by atoms with van der Waals surface area (Å²) in [5, 5.41) is 3.25. The lowest BCUT2D eigenvalue weighted by Crippen LogP contribution is -2.50. The van der Waals surface area contributed by atoms with E-state index >= 15 is 0 Å². The van der Waals surface area contributed by atoms with Crippen LogP contribution < -0.4 is 15.0 Å². The summed E-state index contributed by atoms with van der Waals surface area (Å²) in [6.07, 6.45) is 1.74. The van der Waals surface area contributed by atoms with Gasteiger partial charge in [0.1, 0.15) is 22.8 Å². The fourth-order valence-corrected chi connectivity index (χ4v) is 4.88. The molecule has 0 aromatic carbocycles. The van der Waals surface area contributed by atoms with E-state index in [9.17, 15) is 13.6 Å². The van der Waals surface area contributed by atoms with Crippen LogP contribution in [0, 0.1) is 6.92 Å². The Balaban J connectivity index is 1.44. The number of hydrogen-bond acceptors (Lipinski definition) is 10. The van der Waals surface area contributed by atoms with E-state index in [1.807, 2.05) is 0 Å². The maximum absolute atomic E-state index is 13.5. The summed E-state index contributed by atoms with van der Waals surface area (Å²) in [7, 11) is 1.50. The number of aryl methyl sites for hydroxylation is 1. The van der Waals surface area contributed by atoms with Crippen LogP contribution in [0.4, 0.5) is 19.7 Å². The molecule has 1 aliphatic heterocycles. The number of amides is 1. The Morgan fingerprint density at radius 1 is 1.22 bits per heavy atom. The second-order valence-corrected chi connectivity index (χ2v) is 9.44. The number of hydrogen-bond donors (Lipinski definition) is 1. The summed E-state index contributed by atoms with van der Waals surface area (Å²) in [4.78, 5) is 36.5. The third-order valence-electron chi connectivity index (χ3n) is 5.71. The van der Waals surface area contributed by atoms with E-state index in [-0.39, 0.29) is 34.6 Å². The van der Waals surface area contributed by atoms with Crippen LogP contribution >= 0.6 is 22.9 Å². The highest BCUT2D eigenvalue weighted by Gasteiger charge is 2.32. The van der Waals surface area contributed by atoms with Crippen molar-refractivity contribution in [2.24, 2.45) is 0 Å². The number of anilines is 2. The quantitative estimate of drug-likeness (QED) is 0.354. The lowest BCUT2D eigenvalue weighted by atomic mass is 10.0. The average molecular weight is 548 g/mol. The zero-order valence-corrected chi connectivity index (χ0v) is 21.2. The third-order valence-corrected chi connectivity index (χ3v) is 6.77. The lowest BCUT2D eigenvalue weighted by Gasteiger charge is -2.35. The van der Waals surface area contributed by atoms with Crippen LogP contribution in [0.3, 0.4) is 0 Å². The number of carbonyl (C=O) groups excluding carboxylic acids is 1. The number of rotatable bonds is 6. The van der Waals surface area contributed by atoms with Crippen molar-refractivity contribution in [3.05, 3.63) is 47.1 Å². The molecule has 5 rings (SSSR count). The first-order valence-electron chi connectivity index (χ1n) is 11.1. The molecule has 4 aromatic rings. The topological polar surface area (TPSA) is 115 Å². The number of aromatic nitrogens is 5. The second kappa shape index (κ2) is 10.4. The van der Waals surface area contributed by atoms with Crippen molar-refractivity contribution in [3.63, 3.8) is 0 Å². The van der Waals surface area contributed by atoms with Gasteiger partial charge in [-0.2, -0.15) is 4.98 Å². The van der Waals surface area contributed by atoms with Gasteiger partial charge in [0, 0.05) is 29.6 Å². The predicted octanol–water partition coefficient (Wildman–Crippen LogP) is 4.24. The van der Waals surface area contributed by atoms with Crippen LogP contribution in [-0.4, -0.2) is 70.2 Å². The van der Waals surface area contributed by atoms with Crippen LogP contribution in [0.5, 0.6) is 5.75 Å². The molecule has 1 amide bonds. The number of morpholine rings is 1. The third kappa shape index (κ3) is 5.15. The maximum atomic E-state index is 13.5. The van der Waals surface area contributed by atoms with E-state index < -0.39 is 18.4 Å². The van der Waals surface area contributed by atoms with Crippen molar-refractivity contribution < 1.29 is 23.0 Å². The Kier molecular flexibility index (Phi) is 7.09. The molecule has 0 bridgehead atoms. The van der Waals surface area contributed by atoms with Crippen molar-refractivity contribution in [2.75, 3.05) is 37.1 Å². The molecule has 0 saturated carbocycles. The lowest BCUT2D eigenvalue weighted by molar-refractivity contribution is 0.0203. The standard InChI is InChI=1S/C23H20ClF2N7O3S/c1-11-5-12(13-6-17(24)28-8-16(13)35-2)14(7-27-11)21(34)32-23-31-20-22(37-23)30-18(9-29-20)33-3-4-36-10-15(33)19(25)26/h5-9,15,19H,3-4,10H2,1-2H3,(H,29,31,32,34). The Hall–Kier alpha value is -3.55.